The number of rotatable bonds is 4. The standard InChI is InChI=1S/C17H18N6O2/c1-17(2,25)12-7-13-10(9-21-23-13)6-14(12)22-16(24)11(8-18)15-19-4-3-5-20-15/h3-9,25H,18H2,1-2H3,(H,21,23)(H,22,24)/b11-8+. The average molecular weight is 338 g/mol. The van der Waals surface area contributed by atoms with E-state index in [-0.39, 0.29) is 11.4 Å². The number of carbonyl (C=O) groups is 1. The van der Waals surface area contributed by atoms with Crippen LogP contribution in [-0.4, -0.2) is 31.2 Å². The molecule has 0 saturated carbocycles. The van der Waals surface area contributed by atoms with E-state index in [0.717, 1.165) is 17.1 Å². The molecule has 0 saturated heterocycles. The summed E-state index contributed by atoms with van der Waals surface area (Å²) in [6.07, 6.45) is 5.85. The fraction of sp³-hybridized carbons (Fsp3) is 0.176. The molecule has 8 heteroatoms. The van der Waals surface area contributed by atoms with Crippen LogP contribution in [0.5, 0.6) is 0 Å². The molecule has 0 atom stereocenters. The highest BCUT2D eigenvalue weighted by Crippen LogP contribution is 2.32. The van der Waals surface area contributed by atoms with Gasteiger partial charge in [-0.2, -0.15) is 5.10 Å². The van der Waals surface area contributed by atoms with Gasteiger partial charge >= 0.3 is 0 Å². The van der Waals surface area contributed by atoms with Crippen molar-refractivity contribution in [2.75, 3.05) is 5.32 Å². The molecular weight excluding hydrogens is 320 g/mol. The Morgan fingerprint density at radius 3 is 2.68 bits per heavy atom. The number of hydrogen-bond donors (Lipinski definition) is 4. The van der Waals surface area contributed by atoms with Gasteiger partial charge in [-0.3, -0.25) is 9.89 Å². The summed E-state index contributed by atoms with van der Waals surface area (Å²) in [7, 11) is 0. The van der Waals surface area contributed by atoms with E-state index in [0.29, 0.717) is 11.3 Å². The fourth-order valence-corrected chi connectivity index (χ4v) is 2.48. The number of benzene rings is 1. The van der Waals surface area contributed by atoms with Gasteiger partial charge in [0.15, 0.2) is 5.82 Å². The van der Waals surface area contributed by atoms with Crippen molar-refractivity contribution in [3.63, 3.8) is 0 Å². The highest BCUT2D eigenvalue weighted by molar-refractivity contribution is 6.24. The molecule has 0 aliphatic heterocycles. The molecule has 0 radical (unpaired) electrons. The first-order valence-electron chi connectivity index (χ1n) is 7.61. The molecule has 0 aliphatic carbocycles. The minimum absolute atomic E-state index is 0.134. The molecule has 0 spiro atoms. The van der Waals surface area contributed by atoms with Gasteiger partial charge in [0.25, 0.3) is 5.91 Å². The molecule has 8 nitrogen and oxygen atoms in total. The molecule has 25 heavy (non-hydrogen) atoms. The number of nitrogens with zero attached hydrogens (tertiary/aromatic N) is 3. The molecule has 3 aromatic rings. The van der Waals surface area contributed by atoms with Gasteiger partial charge in [-0.15, -0.1) is 0 Å². The van der Waals surface area contributed by atoms with E-state index in [2.05, 4.69) is 25.5 Å². The average Bonchev–Trinajstić information content (AvgIpc) is 3.02. The first kappa shape index (κ1) is 16.6. The van der Waals surface area contributed by atoms with Crippen molar-refractivity contribution < 1.29 is 9.90 Å². The summed E-state index contributed by atoms with van der Waals surface area (Å²) in [5.41, 5.74) is 6.32. The molecule has 2 aromatic heterocycles. The third kappa shape index (κ3) is 3.33. The third-order valence-electron chi connectivity index (χ3n) is 3.70. The molecule has 0 bridgehead atoms. The maximum absolute atomic E-state index is 12.7. The molecule has 3 rings (SSSR count). The minimum atomic E-state index is -1.17. The van der Waals surface area contributed by atoms with Crippen LogP contribution in [0, 0.1) is 0 Å². The van der Waals surface area contributed by atoms with E-state index in [4.69, 9.17) is 5.73 Å². The summed E-state index contributed by atoms with van der Waals surface area (Å²) in [5.74, 6) is -0.251. The highest BCUT2D eigenvalue weighted by atomic mass is 16.3. The number of fused-ring (bicyclic) bond motifs is 1. The van der Waals surface area contributed by atoms with Crippen LogP contribution in [0.2, 0.25) is 0 Å². The van der Waals surface area contributed by atoms with Gasteiger partial charge in [-0.1, -0.05) is 0 Å². The molecule has 1 aromatic carbocycles. The van der Waals surface area contributed by atoms with E-state index < -0.39 is 11.5 Å². The Morgan fingerprint density at radius 2 is 2.04 bits per heavy atom. The number of anilines is 1. The zero-order chi connectivity index (χ0) is 18.0. The lowest BCUT2D eigenvalue weighted by atomic mass is 9.95. The Kier molecular flexibility index (Phi) is 4.20. The number of aromatic nitrogens is 4. The van der Waals surface area contributed by atoms with Crippen molar-refractivity contribution in [3.8, 4) is 0 Å². The Labute approximate surface area is 143 Å². The van der Waals surface area contributed by atoms with Crippen LogP contribution in [-0.2, 0) is 10.4 Å². The van der Waals surface area contributed by atoms with E-state index in [9.17, 15) is 9.90 Å². The molecule has 5 N–H and O–H groups in total. The maximum atomic E-state index is 12.7. The van der Waals surface area contributed by atoms with Crippen LogP contribution < -0.4 is 11.1 Å². The van der Waals surface area contributed by atoms with Gasteiger partial charge in [0.1, 0.15) is 0 Å². The van der Waals surface area contributed by atoms with Crippen molar-refractivity contribution in [2.45, 2.75) is 19.4 Å². The smallest absolute Gasteiger partial charge is 0.260 e. The summed E-state index contributed by atoms with van der Waals surface area (Å²) in [6.45, 7) is 3.28. The Bertz CT molecular complexity index is 941. The zero-order valence-corrected chi connectivity index (χ0v) is 13.8. The highest BCUT2D eigenvalue weighted by Gasteiger charge is 2.24. The van der Waals surface area contributed by atoms with E-state index >= 15 is 0 Å². The van der Waals surface area contributed by atoms with E-state index in [1.807, 2.05) is 0 Å². The van der Waals surface area contributed by atoms with Crippen LogP contribution in [0.4, 0.5) is 5.69 Å². The lowest BCUT2D eigenvalue weighted by molar-refractivity contribution is -0.111. The Morgan fingerprint density at radius 1 is 1.32 bits per heavy atom. The second kappa shape index (κ2) is 6.33. The van der Waals surface area contributed by atoms with Crippen LogP contribution in [0.1, 0.15) is 25.2 Å². The number of hydrogen-bond acceptors (Lipinski definition) is 6. The van der Waals surface area contributed by atoms with Crippen molar-refractivity contribution in [3.05, 3.63) is 54.4 Å². The first-order chi connectivity index (χ1) is 11.9. The van der Waals surface area contributed by atoms with Gasteiger partial charge in [-0.25, -0.2) is 9.97 Å². The summed E-state index contributed by atoms with van der Waals surface area (Å²) in [6, 6.07) is 5.14. The van der Waals surface area contributed by atoms with Crippen molar-refractivity contribution in [1.82, 2.24) is 20.2 Å². The fourth-order valence-electron chi connectivity index (χ4n) is 2.48. The normalized spacial score (nSPS) is 12.4. The second-order valence-corrected chi connectivity index (χ2v) is 6.02. The van der Waals surface area contributed by atoms with Crippen molar-refractivity contribution >= 4 is 28.1 Å². The van der Waals surface area contributed by atoms with Gasteiger partial charge < -0.3 is 16.2 Å². The van der Waals surface area contributed by atoms with Gasteiger partial charge in [0, 0.05) is 35.2 Å². The third-order valence-corrected chi connectivity index (χ3v) is 3.70. The SMILES string of the molecule is CC(C)(O)c1cc2[nH]ncc2cc1NC(=O)/C(=C/N)c1ncccn1. The van der Waals surface area contributed by atoms with Crippen molar-refractivity contribution in [2.24, 2.45) is 5.73 Å². The number of nitrogens with two attached hydrogens (primary N) is 1. The van der Waals surface area contributed by atoms with Crippen molar-refractivity contribution in [1.29, 1.82) is 0 Å². The molecule has 0 aliphatic rings. The lowest BCUT2D eigenvalue weighted by Crippen LogP contribution is -2.22. The number of nitrogens with one attached hydrogen (secondary N) is 2. The van der Waals surface area contributed by atoms with E-state index in [1.165, 1.54) is 12.4 Å². The van der Waals surface area contributed by atoms with E-state index in [1.54, 1.807) is 38.2 Å². The maximum Gasteiger partial charge on any atom is 0.260 e. The number of aliphatic hydroxyl groups is 1. The number of aromatic amines is 1. The van der Waals surface area contributed by atoms with Gasteiger partial charge in [0.2, 0.25) is 0 Å². The summed E-state index contributed by atoms with van der Waals surface area (Å²) >= 11 is 0. The predicted molar refractivity (Wildman–Crippen MR) is 94.2 cm³/mol. The largest absolute Gasteiger partial charge is 0.404 e. The summed E-state index contributed by atoms with van der Waals surface area (Å²) in [5, 5.41) is 20.8. The first-order valence-corrected chi connectivity index (χ1v) is 7.61. The van der Waals surface area contributed by atoms with Crippen LogP contribution >= 0.6 is 0 Å². The Balaban J connectivity index is 2.00. The molecule has 0 fully saturated rings. The molecule has 0 unspecified atom stereocenters. The zero-order valence-electron chi connectivity index (χ0n) is 13.8. The van der Waals surface area contributed by atoms with Crippen LogP contribution in [0.3, 0.4) is 0 Å². The quantitative estimate of drug-likeness (QED) is 0.534. The van der Waals surface area contributed by atoms with Gasteiger partial charge in [-0.05, 0) is 32.0 Å². The molecule has 1 amide bonds. The number of carbonyl (C=O) groups excluding carboxylic acids is 1. The van der Waals surface area contributed by atoms with Crippen LogP contribution in [0.15, 0.2) is 43.0 Å². The lowest BCUT2D eigenvalue weighted by Gasteiger charge is -2.22. The monoisotopic (exact) mass is 338 g/mol. The second-order valence-electron chi connectivity index (χ2n) is 6.02. The number of H-pyrrole nitrogens is 1. The Hall–Kier alpha value is -3.26. The summed E-state index contributed by atoms with van der Waals surface area (Å²) in [4.78, 5) is 20.7. The number of amides is 1. The predicted octanol–water partition coefficient (Wildman–Crippen LogP) is 1.52. The topological polar surface area (TPSA) is 130 Å². The molecule has 128 valence electrons. The molecule has 2 heterocycles. The van der Waals surface area contributed by atoms with Gasteiger partial charge in [0.05, 0.1) is 22.9 Å². The minimum Gasteiger partial charge on any atom is -0.404 e. The molecular formula is C17H18N6O2. The summed E-state index contributed by atoms with van der Waals surface area (Å²) < 4.78 is 0. The van der Waals surface area contributed by atoms with Crippen LogP contribution in [0.25, 0.3) is 16.5 Å².